The van der Waals surface area contributed by atoms with Crippen LogP contribution in [0, 0.1) is 0 Å². The average Bonchev–Trinajstić information content (AvgIpc) is 2.54. The molecule has 5 nitrogen and oxygen atoms in total. The Morgan fingerprint density at radius 2 is 1.88 bits per heavy atom. The molecule has 0 saturated heterocycles. The molecule has 0 aliphatic rings. The number of rotatable bonds is 6. The molecular formula is C19H21ClN2O3. The molecule has 0 aromatic heterocycles. The molecule has 0 radical (unpaired) electrons. The first-order valence-corrected chi connectivity index (χ1v) is 8.21. The number of carbonyl (C=O) groups excluding carboxylic acids is 2. The van der Waals surface area contributed by atoms with Gasteiger partial charge in [-0.3, -0.25) is 9.59 Å². The molecule has 2 aromatic rings. The Bertz CT molecular complexity index is 790. The van der Waals surface area contributed by atoms with Crippen molar-refractivity contribution < 1.29 is 14.3 Å². The molecule has 0 fully saturated rings. The average molecular weight is 361 g/mol. The molecule has 0 aliphatic carbocycles. The summed E-state index contributed by atoms with van der Waals surface area (Å²) in [5.74, 6) is 0.108. The van der Waals surface area contributed by atoms with Crippen LogP contribution in [0.1, 0.15) is 24.2 Å². The summed E-state index contributed by atoms with van der Waals surface area (Å²) in [4.78, 5) is 25.6. The van der Waals surface area contributed by atoms with Crippen LogP contribution >= 0.6 is 11.6 Å². The zero-order valence-electron chi connectivity index (χ0n) is 14.7. The van der Waals surface area contributed by atoms with E-state index in [-0.39, 0.29) is 11.7 Å². The fraction of sp³-hybridized carbons (Fsp3) is 0.263. The summed E-state index contributed by atoms with van der Waals surface area (Å²) in [6, 6.07) is 12.1. The lowest BCUT2D eigenvalue weighted by Crippen LogP contribution is -2.30. The maximum Gasteiger partial charge on any atom is 0.265 e. The van der Waals surface area contributed by atoms with Crippen LogP contribution in [-0.4, -0.2) is 31.9 Å². The van der Waals surface area contributed by atoms with Crippen LogP contribution in [0.5, 0.6) is 5.75 Å². The lowest BCUT2D eigenvalue weighted by molar-refractivity contribution is -0.122. The zero-order chi connectivity index (χ0) is 18.6. The molecule has 2 aromatic carbocycles. The minimum atomic E-state index is -0.727. The van der Waals surface area contributed by atoms with Crippen LogP contribution in [-0.2, 0) is 4.79 Å². The van der Waals surface area contributed by atoms with Gasteiger partial charge in [0.25, 0.3) is 5.91 Å². The first-order valence-electron chi connectivity index (χ1n) is 7.83. The van der Waals surface area contributed by atoms with E-state index in [1.165, 1.54) is 6.92 Å². The molecule has 6 heteroatoms. The van der Waals surface area contributed by atoms with E-state index in [0.717, 1.165) is 5.69 Å². The van der Waals surface area contributed by atoms with Crippen molar-refractivity contribution in [3.63, 3.8) is 0 Å². The fourth-order valence-electron chi connectivity index (χ4n) is 2.24. The van der Waals surface area contributed by atoms with Crippen LogP contribution in [0.15, 0.2) is 42.5 Å². The van der Waals surface area contributed by atoms with Crippen molar-refractivity contribution in [3.8, 4) is 5.75 Å². The highest BCUT2D eigenvalue weighted by Crippen LogP contribution is 2.27. The van der Waals surface area contributed by atoms with Gasteiger partial charge in [-0.2, -0.15) is 0 Å². The monoisotopic (exact) mass is 360 g/mol. The van der Waals surface area contributed by atoms with Gasteiger partial charge in [-0.05, 0) is 44.2 Å². The number of Topliss-reactive ketones (excluding diaryl/α,β-unsaturated/α-hetero) is 1. The number of ether oxygens (including phenoxy) is 1. The van der Waals surface area contributed by atoms with Gasteiger partial charge in [0.05, 0.1) is 10.7 Å². The van der Waals surface area contributed by atoms with E-state index in [9.17, 15) is 9.59 Å². The van der Waals surface area contributed by atoms with Gasteiger partial charge in [-0.1, -0.05) is 23.7 Å². The molecule has 25 heavy (non-hydrogen) atoms. The normalized spacial score (nSPS) is 11.6. The predicted molar refractivity (Wildman–Crippen MR) is 101 cm³/mol. The summed E-state index contributed by atoms with van der Waals surface area (Å²) in [5.41, 5.74) is 2.00. The smallest absolute Gasteiger partial charge is 0.265 e. The second-order valence-corrected chi connectivity index (χ2v) is 6.30. The van der Waals surface area contributed by atoms with E-state index in [0.29, 0.717) is 22.0 Å². The maximum absolute atomic E-state index is 12.3. The Morgan fingerprint density at radius 3 is 2.48 bits per heavy atom. The first-order chi connectivity index (χ1) is 11.8. The molecule has 132 valence electrons. The second-order valence-electron chi connectivity index (χ2n) is 5.89. The predicted octanol–water partition coefficient (Wildman–Crippen LogP) is 4.01. The Labute approximate surface area is 152 Å². The van der Waals surface area contributed by atoms with Crippen molar-refractivity contribution in [1.29, 1.82) is 0 Å². The highest BCUT2D eigenvalue weighted by molar-refractivity contribution is 6.33. The molecule has 0 bridgehead atoms. The molecule has 1 amide bonds. The number of nitrogens with one attached hydrogen (secondary N) is 1. The van der Waals surface area contributed by atoms with E-state index in [2.05, 4.69) is 5.32 Å². The molecule has 0 saturated carbocycles. The highest BCUT2D eigenvalue weighted by Gasteiger charge is 2.16. The third-order valence-electron chi connectivity index (χ3n) is 3.62. The number of hydrogen-bond acceptors (Lipinski definition) is 4. The van der Waals surface area contributed by atoms with Crippen molar-refractivity contribution in [2.45, 2.75) is 20.0 Å². The topological polar surface area (TPSA) is 58.6 Å². The fourth-order valence-corrected chi connectivity index (χ4v) is 2.59. The number of ketones is 1. The highest BCUT2D eigenvalue weighted by atomic mass is 35.5. The lowest BCUT2D eigenvalue weighted by Gasteiger charge is -2.17. The number of benzene rings is 2. The quantitative estimate of drug-likeness (QED) is 0.790. The zero-order valence-corrected chi connectivity index (χ0v) is 15.4. The Morgan fingerprint density at radius 1 is 1.16 bits per heavy atom. The van der Waals surface area contributed by atoms with E-state index in [1.54, 1.807) is 43.3 Å². The standard InChI is InChI=1S/C19H21ClN2O3/c1-12(23)14-6-5-7-16(10-14)25-13(2)19(24)21-15-8-9-18(22(3)4)17(20)11-15/h5-11,13H,1-4H3,(H,21,24). The van der Waals surface area contributed by atoms with Crippen molar-refractivity contribution >= 4 is 34.7 Å². The van der Waals surface area contributed by atoms with Crippen LogP contribution in [0.3, 0.4) is 0 Å². The van der Waals surface area contributed by atoms with Gasteiger partial charge >= 0.3 is 0 Å². The van der Waals surface area contributed by atoms with Crippen LogP contribution in [0.4, 0.5) is 11.4 Å². The molecule has 1 N–H and O–H groups in total. The van der Waals surface area contributed by atoms with Crippen molar-refractivity contribution in [2.24, 2.45) is 0 Å². The van der Waals surface area contributed by atoms with Gasteiger partial charge < -0.3 is 15.0 Å². The van der Waals surface area contributed by atoms with Crippen LogP contribution in [0.25, 0.3) is 0 Å². The van der Waals surface area contributed by atoms with Crippen molar-refractivity contribution in [3.05, 3.63) is 53.1 Å². The summed E-state index contributed by atoms with van der Waals surface area (Å²) >= 11 is 6.21. The summed E-state index contributed by atoms with van der Waals surface area (Å²) in [5, 5.41) is 3.32. The summed E-state index contributed by atoms with van der Waals surface area (Å²) < 4.78 is 5.63. The van der Waals surface area contributed by atoms with Gasteiger partial charge in [0, 0.05) is 25.3 Å². The summed E-state index contributed by atoms with van der Waals surface area (Å²) in [6.45, 7) is 3.13. The van der Waals surface area contributed by atoms with E-state index in [1.807, 2.05) is 25.1 Å². The Kier molecular flexibility index (Phi) is 6.04. The molecule has 0 spiro atoms. The maximum atomic E-state index is 12.3. The number of nitrogens with zero attached hydrogens (tertiary/aromatic N) is 1. The minimum Gasteiger partial charge on any atom is -0.481 e. The third kappa shape index (κ3) is 4.97. The SMILES string of the molecule is CC(=O)c1cccc(OC(C)C(=O)Nc2ccc(N(C)C)c(Cl)c2)c1. The molecule has 0 heterocycles. The minimum absolute atomic E-state index is 0.0572. The first kappa shape index (κ1) is 18.8. The van der Waals surface area contributed by atoms with Crippen LogP contribution in [0.2, 0.25) is 5.02 Å². The van der Waals surface area contributed by atoms with Crippen LogP contribution < -0.4 is 15.0 Å². The van der Waals surface area contributed by atoms with Gasteiger partial charge in [0.15, 0.2) is 11.9 Å². The van der Waals surface area contributed by atoms with Gasteiger partial charge in [0.2, 0.25) is 0 Å². The molecule has 2 rings (SSSR count). The molecular weight excluding hydrogens is 340 g/mol. The number of anilines is 2. The lowest BCUT2D eigenvalue weighted by atomic mass is 10.1. The van der Waals surface area contributed by atoms with Crippen molar-refractivity contribution in [2.75, 3.05) is 24.3 Å². The number of hydrogen-bond donors (Lipinski definition) is 1. The van der Waals surface area contributed by atoms with Gasteiger partial charge in [0.1, 0.15) is 5.75 Å². The molecule has 0 aliphatic heterocycles. The van der Waals surface area contributed by atoms with Gasteiger partial charge in [-0.15, -0.1) is 0 Å². The Hall–Kier alpha value is -2.53. The third-order valence-corrected chi connectivity index (χ3v) is 3.92. The van der Waals surface area contributed by atoms with E-state index in [4.69, 9.17) is 16.3 Å². The largest absolute Gasteiger partial charge is 0.481 e. The number of halogens is 1. The van der Waals surface area contributed by atoms with Crippen molar-refractivity contribution in [1.82, 2.24) is 0 Å². The summed E-state index contributed by atoms with van der Waals surface area (Å²) in [7, 11) is 3.79. The van der Waals surface area contributed by atoms with E-state index < -0.39 is 6.10 Å². The number of carbonyl (C=O) groups is 2. The summed E-state index contributed by atoms with van der Waals surface area (Å²) in [6.07, 6.45) is -0.727. The number of amides is 1. The molecule has 1 atom stereocenters. The Balaban J connectivity index is 2.04. The van der Waals surface area contributed by atoms with Gasteiger partial charge in [-0.25, -0.2) is 0 Å². The molecule has 1 unspecified atom stereocenters. The second kappa shape index (κ2) is 8.03. The van der Waals surface area contributed by atoms with E-state index >= 15 is 0 Å².